The molecule has 1 rings (SSSR count). The Balaban J connectivity index is 2.84. The van der Waals surface area contributed by atoms with Crippen molar-refractivity contribution in [3.63, 3.8) is 0 Å². The summed E-state index contributed by atoms with van der Waals surface area (Å²) in [5.41, 5.74) is 0.939. The van der Waals surface area contributed by atoms with Crippen molar-refractivity contribution in [3.8, 4) is 12.3 Å². The van der Waals surface area contributed by atoms with Crippen LogP contribution in [0.15, 0.2) is 30.3 Å². The van der Waals surface area contributed by atoms with Gasteiger partial charge in [0.1, 0.15) is 6.04 Å². The molecular weight excluding hydrogens is 254 g/mol. The molecular formula is C16H19NO3. The molecule has 2 atom stereocenters. The minimum atomic E-state index is -0.728. The minimum absolute atomic E-state index is 0.252. The molecule has 4 nitrogen and oxygen atoms in total. The van der Waals surface area contributed by atoms with E-state index < -0.39 is 12.0 Å². The Morgan fingerprint density at radius 2 is 2.00 bits per heavy atom. The Bertz CT molecular complexity index is 490. The van der Waals surface area contributed by atoms with E-state index in [1.165, 1.54) is 6.92 Å². The Kier molecular flexibility index (Phi) is 6.31. The van der Waals surface area contributed by atoms with Gasteiger partial charge in [0.05, 0.1) is 6.61 Å². The highest BCUT2D eigenvalue weighted by Gasteiger charge is 2.24. The van der Waals surface area contributed by atoms with Crippen LogP contribution in [0.5, 0.6) is 0 Å². The van der Waals surface area contributed by atoms with Crippen LogP contribution in [0.2, 0.25) is 0 Å². The highest BCUT2D eigenvalue weighted by atomic mass is 16.5. The zero-order valence-corrected chi connectivity index (χ0v) is 11.8. The van der Waals surface area contributed by atoms with Crippen LogP contribution in [0.4, 0.5) is 0 Å². The van der Waals surface area contributed by atoms with Gasteiger partial charge in [0, 0.05) is 12.8 Å². The van der Waals surface area contributed by atoms with E-state index in [-0.39, 0.29) is 18.4 Å². The summed E-state index contributed by atoms with van der Waals surface area (Å²) in [5, 5.41) is 2.59. The van der Waals surface area contributed by atoms with Crippen molar-refractivity contribution in [1.82, 2.24) is 5.32 Å². The number of carbonyl (C=O) groups is 2. The topological polar surface area (TPSA) is 55.4 Å². The van der Waals surface area contributed by atoms with Crippen LogP contribution in [-0.2, 0) is 14.3 Å². The number of benzene rings is 1. The summed E-state index contributed by atoms with van der Waals surface area (Å²) < 4.78 is 4.96. The standard InChI is InChI=1S/C16H19NO3/c1-4-13(14-9-7-6-8-10-14)11-15(17-12(3)18)16(19)20-5-2/h1,6-10,13,15H,5,11H2,2-3H3,(H,17,18)/t13-,15+/m1/s1. The lowest BCUT2D eigenvalue weighted by molar-refractivity contribution is -0.147. The number of rotatable bonds is 6. The van der Waals surface area contributed by atoms with Crippen LogP contribution in [0.1, 0.15) is 31.7 Å². The largest absolute Gasteiger partial charge is 0.464 e. The van der Waals surface area contributed by atoms with E-state index in [9.17, 15) is 9.59 Å². The summed E-state index contributed by atoms with van der Waals surface area (Å²) in [4.78, 5) is 23.1. The fraction of sp³-hybridized carbons (Fsp3) is 0.375. The maximum absolute atomic E-state index is 11.9. The third-order valence-electron chi connectivity index (χ3n) is 2.82. The summed E-state index contributed by atoms with van der Waals surface area (Å²) in [6, 6.07) is 8.75. The zero-order valence-electron chi connectivity index (χ0n) is 11.8. The fourth-order valence-corrected chi connectivity index (χ4v) is 1.92. The second-order valence-corrected chi connectivity index (χ2v) is 4.37. The molecule has 0 saturated heterocycles. The van der Waals surface area contributed by atoms with Gasteiger partial charge in [-0.05, 0) is 18.9 Å². The monoisotopic (exact) mass is 273 g/mol. The van der Waals surface area contributed by atoms with Crippen LogP contribution in [0.3, 0.4) is 0 Å². The molecule has 0 aromatic heterocycles. The van der Waals surface area contributed by atoms with E-state index in [0.29, 0.717) is 6.42 Å². The van der Waals surface area contributed by atoms with Crippen LogP contribution in [0.25, 0.3) is 0 Å². The number of hydrogen-bond acceptors (Lipinski definition) is 3. The molecule has 1 amide bonds. The van der Waals surface area contributed by atoms with E-state index in [4.69, 9.17) is 11.2 Å². The van der Waals surface area contributed by atoms with Gasteiger partial charge in [-0.3, -0.25) is 4.79 Å². The summed E-state index contributed by atoms with van der Waals surface area (Å²) in [7, 11) is 0. The lowest BCUT2D eigenvalue weighted by Crippen LogP contribution is -2.41. The average molecular weight is 273 g/mol. The quantitative estimate of drug-likeness (QED) is 0.636. The Morgan fingerprint density at radius 1 is 1.35 bits per heavy atom. The number of terminal acetylenes is 1. The van der Waals surface area contributed by atoms with Gasteiger partial charge in [0.15, 0.2) is 0 Å². The van der Waals surface area contributed by atoms with Gasteiger partial charge in [-0.15, -0.1) is 6.42 Å². The lowest BCUT2D eigenvalue weighted by Gasteiger charge is -2.20. The lowest BCUT2D eigenvalue weighted by atomic mass is 9.93. The molecule has 0 radical (unpaired) electrons. The smallest absolute Gasteiger partial charge is 0.328 e. The Labute approximate surface area is 119 Å². The van der Waals surface area contributed by atoms with Gasteiger partial charge in [-0.2, -0.15) is 0 Å². The number of nitrogens with one attached hydrogen (secondary N) is 1. The van der Waals surface area contributed by atoms with Crippen molar-refractivity contribution in [1.29, 1.82) is 0 Å². The highest BCUT2D eigenvalue weighted by molar-refractivity contribution is 5.83. The van der Waals surface area contributed by atoms with Gasteiger partial charge in [-0.1, -0.05) is 36.3 Å². The van der Waals surface area contributed by atoms with Gasteiger partial charge in [0.2, 0.25) is 5.91 Å². The molecule has 1 N–H and O–H groups in total. The molecule has 0 unspecified atom stereocenters. The second kappa shape index (κ2) is 8.00. The third kappa shape index (κ3) is 4.77. The predicted molar refractivity (Wildman–Crippen MR) is 76.9 cm³/mol. The first kappa shape index (κ1) is 15.8. The van der Waals surface area contributed by atoms with Crippen LogP contribution in [0, 0.1) is 12.3 Å². The molecule has 0 saturated carbocycles. The number of ether oxygens (including phenoxy) is 1. The predicted octanol–water partition coefficient (Wildman–Crippen LogP) is 1.86. The second-order valence-electron chi connectivity index (χ2n) is 4.37. The highest BCUT2D eigenvalue weighted by Crippen LogP contribution is 2.20. The van der Waals surface area contributed by atoms with Crippen molar-refractivity contribution >= 4 is 11.9 Å². The first-order valence-corrected chi connectivity index (χ1v) is 6.53. The first-order valence-electron chi connectivity index (χ1n) is 6.53. The van der Waals surface area contributed by atoms with Crippen molar-refractivity contribution in [2.45, 2.75) is 32.2 Å². The molecule has 0 spiro atoms. The van der Waals surface area contributed by atoms with Gasteiger partial charge < -0.3 is 10.1 Å². The SMILES string of the molecule is C#C[C@H](C[C@H](NC(C)=O)C(=O)OCC)c1ccccc1. The molecule has 0 aliphatic carbocycles. The Hall–Kier alpha value is -2.28. The van der Waals surface area contributed by atoms with E-state index in [0.717, 1.165) is 5.56 Å². The van der Waals surface area contributed by atoms with Crippen molar-refractivity contribution in [2.75, 3.05) is 6.61 Å². The molecule has 0 heterocycles. The van der Waals surface area contributed by atoms with Gasteiger partial charge >= 0.3 is 5.97 Å². The zero-order chi connectivity index (χ0) is 15.0. The van der Waals surface area contributed by atoms with Gasteiger partial charge in [-0.25, -0.2) is 4.79 Å². The molecule has 0 bridgehead atoms. The van der Waals surface area contributed by atoms with E-state index in [1.807, 2.05) is 30.3 Å². The molecule has 106 valence electrons. The van der Waals surface area contributed by atoms with Gasteiger partial charge in [0.25, 0.3) is 0 Å². The Morgan fingerprint density at radius 3 is 2.50 bits per heavy atom. The summed E-state index contributed by atoms with van der Waals surface area (Å²) >= 11 is 0. The van der Waals surface area contributed by atoms with Crippen LogP contribution in [-0.4, -0.2) is 24.5 Å². The summed E-state index contributed by atoms with van der Waals surface area (Å²) in [6.45, 7) is 3.35. The van der Waals surface area contributed by atoms with Crippen molar-refractivity contribution < 1.29 is 14.3 Å². The average Bonchev–Trinajstić information content (AvgIpc) is 2.44. The molecule has 0 aliphatic heterocycles. The molecule has 1 aromatic rings. The summed E-state index contributed by atoms with van der Waals surface area (Å²) in [5.74, 6) is 1.66. The fourth-order valence-electron chi connectivity index (χ4n) is 1.92. The molecule has 20 heavy (non-hydrogen) atoms. The number of carbonyl (C=O) groups excluding carboxylic acids is 2. The third-order valence-corrected chi connectivity index (χ3v) is 2.82. The number of amides is 1. The number of esters is 1. The molecule has 1 aromatic carbocycles. The van der Waals surface area contributed by atoms with Crippen molar-refractivity contribution in [3.05, 3.63) is 35.9 Å². The molecule has 0 fully saturated rings. The number of hydrogen-bond donors (Lipinski definition) is 1. The summed E-state index contributed by atoms with van der Waals surface area (Å²) in [6.07, 6.45) is 5.86. The van der Waals surface area contributed by atoms with Crippen molar-refractivity contribution in [2.24, 2.45) is 0 Å². The molecule has 0 aliphatic rings. The normalized spacial score (nSPS) is 12.8. The van der Waals surface area contributed by atoms with Crippen LogP contribution < -0.4 is 5.32 Å². The first-order chi connectivity index (χ1) is 9.58. The van der Waals surface area contributed by atoms with E-state index >= 15 is 0 Å². The van der Waals surface area contributed by atoms with Crippen LogP contribution >= 0.6 is 0 Å². The molecule has 4 heteroatoms. The van der Waals surface area contributed by atoms with E-state index in [1.54, 1.807) is 6.92 Å². The minimum Gasteiger partial charge on any atom is -0.464 e. The van der Waals surface area contributed by atoms with E-state index in [2.05, 4.69) is 11.2 Å². The maximum atomic E-state index is 11.9. The maximum Gasteiger partial charge on any atom is 0.328 e.